The number of H-pyrrole nitrogens is 1. The molecule has 1 heterocycles. The number of para-hydroxylation sites is 1. The van der Waals surface area contributed by atoms with Crippen LogP contribution in [0, 0.1) is 6.92 Å². The summed E-state index contributed by atoms with van der Waals surface area (Å²) in [5.74, 6) is 0.356. The summed E-state index contributed by atoms with van der Waals surface area (Å²) in [6.07, 6.45) is 1.80. The highest BCUT2D eigenvalue weighted by molar-refractivity contribution is 5.90. The fourth-order valence-corrected chi connectivity index (χ4v) is 2.18. The van der Waals surface area contributed by atoms with Crippen molar-refractivity contribution in [3.05, 3.63) is 53.7 Å². The smallest absolute Gasteiger partial charge is 0.123 e. The number of aryl methyl sites for hydroxylation is 1. The second-order valence-electron chi connectivity index (χ2n) is 4.57. The molecule has 3 N–H and O–H groups in total. The maximum Gasteiger partial charge on any atom is 0.123 e. The van der Waals surface area contributed by atoms with E-state index in [0.29, 0.717) is 12.3 Å². The molecule has 96 valence electrons. The van der Waals surface area contributed by atoms with E-state index in [2.05, 4.69) is 15.5 Å². The van der Waals surface area contributed by atoms with Crippen LogP contribution >= 0.6 is 0 Å². The Balaban J connectivity index is 1.86. The molecule has 0 radical (unpaired) electrons. The molecule has 0 aliphatic rings. The molecule has 0 spiro atoms. The predicted molar refractivity (Wildman–Crippen MR) is 76.3 cm³/mol. The van der Waals surface area contributed by atoms with Crippen LogP contribution in [0.5, 0.6) is 5.75 Å². The Hall–Kier alpha value is -2.49. The maximum absolute atomic E-state index is 9.99. The molecule has 0 unspecified atom stereocenters. The number of aromatic amines is 1. The first kappa shape index (κ1) is 11.6. The number of anilines is 1. The van der Waals surface area contributed by atoms with E-state index in [0.717, 1.165) is 27.7 Å². The number of aromatic nitrogens is 2. The van der Waals surface area contributed by atoms with Gasteiger partial charge in [-0.1, -0.05) is 24.3 Å². The number of hydrogen-bond acceptors (Lipinski definition) is 3. The summed E-state index contributed by atoms with van der Waals surface area (Å²) in [6, 6.07) is 11.7. The molecule has 4 nitrogen and oxygen atoms in total. The van der Waals surface area contributed by atoms with Gasteiger partial charge in [0.15, 0.2) is 0 Å². The summed E-state index contributed by atoms with van der Waals surface area (Å²) in [5, 5.41) is 21.4. The average molecular weight is 253 g/mol. The van der Waals surface area contributed by atoms with E-state index < -0.39 is 0 Å². The second kappa shape index (κ2) is 4.65. The Morgan fingerprint density at radius 2 is 2.05 bits per heavy atom. The van der Waals surface area contributed by atoms with Crippen molar-refractivity contribution in [3.8, 4) is 5.75 Å². The molecule has 0 bridgehead atoms. The Labute approximate surface area is 111 Å². The summed E-state index contributed by atoms with van der Waals surface area (Å²) in [5.41, 5.74) is 3.78. The number of benzene rings is 2. The molecule has 3 aromatic rings. The Morgan fingerprint density at radius 1 is 1.21 bits per heavy atom. The molecule has 1 aromatic heterocycles. The van der Waals surface area contributed by atoms with E-state index >= 15 is 0 Å². The van der Waals surface area contributed by atoms with Gasteiger partial charge < -0.3 is 10.4 Å². The van der Waals surface area contributed by atoms with Gasteiger partial charge in [-0.3, -0.25) is 5.10 Å². The predicted octanol–water partition coefficient (Wildman–Crippen LogP) is 3.19. The number of nitrogens with one attached hydrogen (secondary N) is 2. The third kappa shape index (κ3) is 2.12. The zero-order valence-corrected chi connectivity index (χ0v) is 10.6. The van der Waals surface area contributed by atoms with Gasteiger partial charge in [-0.05, 0) is 24.6 Å². The van der Waals surface area contributed by atoms with Gasteiger partial charge in [-0.25, -0.2) is 0 Å². The molecule has 2 aromatic carbocycles. The van der Waals surface area contributed by atoms with Crippen LogP contribution in [0.2, 0.25) is 0 Å². The minimum absolute atomic E-state index is 0.356. The van der Waals surface area contributed by atoms with Crippen LogP contribution in [0.25, 0.3) is 10.9 Å². The number of fused-ring (bicyclic) bond motifs is 1. The first-order valence-corrected chi connectivity index (χ1v) is 6.19. The van der Waals surface area contributed by atoms with Crippen LogP contribution in [0.4, 0.5) is 5.69 Å². The van der Waals surface area contributed by atoms with Crippen molar-refractivity contribution in [1.82, 2.24) is 10.2 Å². The van der Waals surface area contributed by atoms with Gasteiger partial charge in [-0.2, -0.15) is 5.10 Å². The highest BCUT2D eigenvalue weighted by Gasteiger charge is 2.05. The van der Waals surface area contributed by atoms with Gasteiger partial charge in [-0.15, -0.1) is 0 Å². The van der Waals surface area contributed by atoms with Crippen LogP contribution in [0.15, 0.2) is 42.6 Å². The van der Waals surface area contributed by atoms with Gasteiger partial charge in [0.2, 0.25) is 0 Å². The quantitative estimate of drug-likeness (QED) is 0.671. The largest absolute Gasteiger partial charge is 0.507 e. The summed E-state index contributed by atoms with van der Waals surface area (Å²) < 4.78 is 0. The average Bonchev–Trinajstić information content (AvgIpc) is 2.89. The Morgan fingerprint density at radius 3 is 2.95 bits per heavy atom. The standard InChI is InChI=1S/C15H15N3O/c1-10-4-2-5-11(15(10)19)8-16-13-6-3-7-14-12(13)9-17-18-14/h2-7,9,16,19H,8H2,1H3,(H,17,18). The van der Waals surface area contributed by atoms with Gasteiger partial charge in [0.1, 0.15) is 5.75 Å². The number of hydrogen-bond donors (Lipinski definition) is 3. The van der Waals surface area contributed by atoms with Crippen LogP contribution in [0.3, 0.4) is 0 Å². The van der Waals surface area contributed by atoms with Gasteiger partial charge in [0.05, 0.1) is 11.7 Å². The molecule has 0 saturated heterocycles. The van der Waals surface area contributed by atoms with E-state index in [4.69, 9.17) is 0 Å². The minimum Gasteiger partial charge on any atom is -0.507 e. The third-order valence-electron chi connectivity index (χ3n) is 3.28. The Bertz CT molecular complexity index is 718. The molecule has 0 aliphatic carbocycles. The summed E-state index contributed by atoms with van der Waals surface area (Å²) in [7, 11) is 0. The van der Waals surface area contributed by atoms with Crippen molar-refractivity contribution in [2.24, 2.45) is 0 Å². The highest BCUT2D eigenvalue weighted by Crippen LogP contribution is 2.25. The number of aromatic hydroxyl groups is 1. The van der Waals surface area contributed by atoms with Crippen LogP contribution in [0.1, 0.15) is 11.1 Å². The summed E-state index contributed by atoms with van der Waals surface area (Å²) in [6.45, 7) is 2.48. The number of phenols is 1. The van der Waals surface area contributed by atoms with E-state index in [9.17, 15) is 5.11 Å². The van der Waals surface area contributed by atoms with E-state index in [1.54, 1.807) is 6.20 Å². The molecular formula is C15H15N3O. The van der Waals surface area contributed by atoms with Crippen molar-refractivity contribution in [3.63, 3.8) is 0 Å². The lowest BCUT2D eigenvalue weighted by molar-refractivity contribution is 0.465. The lowest BCUT2D eigenvalue weighted by atomic mass is 10.1. The van der Waals surface area contributed by atoms with Gasteiger partial charge in [0, 0.05) is 23.2 Å². The molecule has 0 saturated carbocycles. The van der Waals surface area contributed by atoms with Crippen molar-refractivity contribution in [2.45, 2.75) is 13.5 Å². The Kier molecular flexibility index (Phi) is 2.83. The fourth-order valence-electron chi connectivity index (χ4n) is 2.18. The molecule has 3 rings (SSSR count). The molecule has 0 aliphatic heterocycles. The van der Waals surface area contributed by atoms with Crippen molar-refractivity contribution in [2.75, 3.05) is 5.32 Å². The fraction of sp³-hybridized carbons (Fsp3) is 0.133. The molecular weight excluding hydrogens is 238 g/mol. The van der Waals surface area contributed by atoms with E-state index in [-0.39, 0.29) is 0 Å². The van der Waals surface area contributed by atoms with Crippen LogP contribution in [-0.2, 0) is 6.54 Å². The number of rotatable bonds is 3. The van der Waals surface area contributed by atoms with Gasteiger partial charge in [0.25, 0.3) is 0 Å². The maximum atomic E-state index is 9.99. The van der Waals surface area contributed by atoms with Crippen molar-refractivity contribution >= 4 is 16.6 Å². The number of nitrogens with zero attached hydrogens (tertiary/aromatic N) is 1. The zero-order chi connectivity index (χ0) is 13.2. The molecule has 0 fully saturated rings. The molecule has 4 heteroatoms. The SMILES string of the molecule is Cc1cccc(CNc2cccc3[nH]ncc23)c1O. The van der Waals surface area contributed by atoms with Crippen LogP contribution in [-0.4, -0.2) is 15.3 Å². The monoisotopic (exact) mass is 253 g/mol. The first-order valence-electron chi connectivity index (χ1n) is 6.19. The lowest BCUT2D eigenvalue weighted by Gasteiger charge is -2.10. The normalized spacial score (nSPS) is 10.8. The molecule has 0 atom stereocenters. The summed E-state index contributed by atoms with van der Waals surface area (Å²) in [4.78, 5) is 0. The van der Waals surface area contributed by atoms with Crippen LogP contribution < -0.4 is 5.32 Å². The molecule has 0 amide bonds. The third-order valence-corrected chi connectivity index (χ3v) is 3.28. The van der Waals surface area contributed by atoms with Gasteiger partial charge >= 0.3 is 0 Å². The first-order chi connectivity index (χ1) is 9.25. The highest BCUT2D eigenvalue weighted by atomic mass is 16.3. The zero-order valence-electron chi connectivity index (χ0n) is 10.6. The van der Waals surface area contributed by atoms with Crippen molar-refractivity contribution < 1.29 is 5.11 Å². The summed E-state index contributed by atoms with van der Waals surface area (Å²) >= 11 is 0. The number of phenolic OH excluding ortho intramolecular Hbond substituents is 1. The second-order valence-corrected chi connectivity index (χ2v) is 4.57. The lowest BCUT2D eigenvalue weighted by Crippen LogP contribution is -2.00. The minimum atomic E-state index is 0.356. The van der Waals surface area contributed by atoms with E-state index in [1.165, 1.54) is 0 Å². The van der Waals surface area contributed by atoms with Crippen molar-refractivity contribution in [1.29, 1.82) is 0 Å². The van der Waals surface area contributed by atoms with E-state index in [1.807, 2.05) is 43.3 Å². The molecule has 19 heavy (non-hydrogen) atoms. The topological polar surface area (TPSA) is 60.9 Å².